The zero-order valence-corrected chi connectivity index (χ0v) is 29.8. The summed E-state index contributed by atoms with van der Waals surface area (Å²) in [7, 11) is 0. The third kappa shape index (κ3) is 7.04. The molecule has 0 saturated carbocycles. The molecule has 0 aliphatic carbocycles. The number of fused-ring (bicyclic) bond motifs is 13. The van der Waals surface area contributed by atoms with Crippen LogP contribution in [-0.2, 0) is 56.4 Å². The minimum Gasteiger partial charge on any atom is -0.799 e. The van der Waals surface area contributed by atoms with Gasteiger partial charge in [0.25, 0.3) is 0 Å². The smallest absolute Gasteiger partial charge is 0.200 e. The molecular weight excluding hydrogens is 756 g/mol. The van der Waals surface area contributed by atoms with Gasteiger partial charge in [0, 0.05) is 26.0 Å². The molecule has 3 fully saturated rings. The summed E-state index contributed by atoms with van der Waals surface area (Å²) in [6, 6.07) is 0. The van der Waals surface area contributed by atoms with Crippen molar-refractivity contribution in [2.45, 2.75) is 62.1 Å². The molecule has 51 heavy (non-hydrogen) atoms. The fourth-order valence-electron chi connectivity index (χ4n) is 6.38. The van der Waals surface area contributed by atoms with E-state index in [1.165, 1.54) is 34.4 Å². The molecule has 9 heterocycles. The first-order chi connectivity index (χ1) is 24.6. The number of ether oxygens (including phenoxy) is 3. The number of alkyl halides is 2. The van der Waals surface area contributed by atoms with Crippen molar-refractivity contribution in [1.82, 2.24) is 39.0 Å². The van der Waals surface area contributed by atoms with Gasteiger partial charge in [-0.2, -0.15) is 0 Å². The first-order valence-electron chi connectivity index (χ1n) is 15.9. The van der Waals surface area contributed by atoms with E-state index in [1.54, 1.807) is 0 Å². The van der Waals surface area contributed by atoms with Crippen molar-refractivity contribution in [2.24, 2.45) is 0 Å². The Labute approximate surface area is 298 Å². The number of rotatable bonds is 0. The van der Waals surface area contributed by atoms with Crippen molar-refractivity contribution < 1.29 is 46.0 Å². The third-order valence-corrected chi connectivity index (χ3v) is 11.9. The highest BCUT2D eigenvalue weighted by molar-refractivity contribution is 8.32. The highest BCUT2D eigenvalue weighted by Crippen LogP contribution is 2.52. The van der Waals surface area contributed by atoms with Crippen molar-refractivity contribution >= 4 is 71.3 Å². The van der Waals surface area contributed by atoms with Crippen LogP contribution in [0.2, 0.25) is 0 Å². The lowest BCUT2D eigenvalue weighted by molar-refractivity contribution is -0.195. The number of imidazole rings is 2. The van der Waals surface area contributed by atoms with E-state index >= 15 is 8.78 Å². The summed E-state index contributed by atoms with van der Waals surface area (Å²) in [6.45, 7) is -8.42. The van der Waals surface area contributed by atoms with Gasteiger partial charge < -0.3 is 55.6 Å². The van der Waals surface area contributed by atoms with Crippen molar-refractivity contribution in [1.29, 1.82) is 0 Å². The van der Waals surface area contributed by atoms with Gasteiger partial charge >= 0.3 is 0 Å². The van der Waals surface area contributed by atoms with Crippen LogP contribution in [0.3, 0.4) is 0 Å². The quantitative estimate of drug-likeness (QED) is 0.149. The molecule has 10 atom stereocenters. The maximum absolute atomic E-state index is 16.3. The van der Waals surface area contributed by atoms with Crippen molar-refractivity contribution in [3.63, 3.8) is 0 Å². The molecule has 3 saturated heterocycles. The van der Waals surface area contributed by atoms with Gasteiger partial charge in [-0.3, -0.25) is 13.7 Å². The first-order valence-corrected chi connectivity index (χ1v) is 21.2. The van der Waals surface area contributed by atoms with Gasteiger partial charge in [-0.05, 0) is 6.42 Å². The molecule has 2 N–H and O–H groups in total. The maximum Gasteiger partial charge on any atom is 0.200 e. The molecule has 274 valence electrons. The van der Waals surface area contributed by atoms with Crippen molar-refractivity contribution in [3.05, 3.63) is 37.5 Å². The summed E-state index contributed by atoms with van der Waals surface area (Å²) in [5.74, 6) is 0.820. The lowest BCUT2D eigenvalue weighted by atomic mass is 10.1. The van der Waals surface area contributed by atoms with Crippen LogP contribution in [0.25, 0.3) is 22.3 Å². The molecule has 0 amide bonds. The minimum atomic E-state index is -4.39. The van der Waals surface area contributed by atoms with E-state index in [0.717, 1.165) is 0 Å². The summed E-state index contributed by atoms with van der Waals surface area (Å²) in [5.41, 5.74) is 1.21. The van der Waals surface area contributed by atoms with Crippen LogP contribution >= 0.6 is 13.3 Å². The standard InChI is InChI=1S/C27H32F2N10O8P2S2/c28-16-20-14-4-7-43-49(41,51)47-21-15(8-42-13-48(40,50)46-20)45-27(17(21)29)39-12-37-19-23(33-10-35-25(19)39)31-6-3-1-2-5-30-22-18-24(34-9-32-22)38(11-36-18)26(16)44-14/h1-2,9-12,14-17,20-21,26-27H,3-8,13H2,(H,40,50)(H,41,51)(H,30,32,34)(H,31,33,35)/p-2/b2-1+/t14-,15-,16-,17-,20-,21-,26?,27?,48?,49?/m1/s1. The van der Waals surface area contributed by atoms with E-state index in [0.29, 0.717) is 42.2 Å². The van der Waals surface area contributed by atoms with Crippen molar-refractivity contribution in [3.8, 4) is 0 Å². The molecule has 4 unspecified atom stereocenters. The summed E-state index contributed by atoms with van der Waals surface area (Å²) in [6.07, 6.45) is -3.03. The Kier molecular flexibility index (Phi) is 9.85. The van der Waals surface area contributed by atoms with Crippen LogP contribution in [0, 0.1) is 0 Å². The second kappa shape index (κ2) is 14.2. The molecule has 14 bridgehead atoms. The number of halogens is 2. The first kappa shape index (κ1) is 35.3. The maximum atomic E-state index is 16.3. The molecular formula is C27H30F2N10O8P2S2-2. The Balaban J connectivity index is 1.17. The SMILES string of the molecule is O=P1([S-])OCC[C@H]2OC3[C@H](F)[C@@H]2OP([O-])(=S)COC[C@H]2OC([C@H](F)[C@@H]2O1)n1cnc2c(ncnc21)NCC/C=C/CNc1ncnc2c1ncn23. The largest absolute Gasteiger partial charge is 0.799 e. The Morgan fingerprint density at radius 2 is 1.51 bits per heavy atom. The molecule has 9 rings (SSSR count). The molecule has 0 radical (unpaired) electrons. The Bertz CT molecular complexity index is 2050. The number of anilines is 2. The molecule has 5 aliphatic heterocycles. The average Bonchev–Trinajstić information content (AvgIpc) is 3.85. The van der Waals surface area contributed by atoms with Crippen LogP contribution in [0.5, 0.6) is 0 Å². The Hall–Kier alpha value is -2.75. The molecule has 4 aromatic rings. The second-order valence-corrected chi connectivity index (χ2v) is 18.1. The predicted octanol–water partition coefficient (Wildman–Crippen LogP) is 2.41. The summed E-state index contributed by atoms with van der Waals surface area (Å²) in [4.78, 5) is 39.5. The average molecular weight is 787 g/mol. The number of hydrogen-bond donors (Lipinski definition) is 2. The molecule has 18 nitrogen and oxygen atoms in total. The van der Waals surface area contributed by atoms with E-state index in [9.17, 15) is 9.46 Å². The van der Waals surface area contributed by atoms with E-state index in [2.05, 4.69) is 40.5 Å². The van der Waals surface area contributed by atoms with Crippen LogP contribution < -0.4 is 15.5 Å². The topological polar surface area (TPSA) is 207 Å². The monoisotopic (exact) mass is 786 g/mol. The minimum absolute atomic E-state index is 0.147. The highest BCUT2D eigenvalue weighted by atomic mass is 32.7. The predicted molar refractivity (Wildman–Crippen MR) is 179 cm³/mol. The fourth-order valence-corrected chi connectivity index (χ4v) is 9.37. The summed E-state index contributed by atoms with van der Waals surface area (Å²) in [5, 5.41) is 6.39. The van der Waals surface area contributed by atoms with Crippen molar-refractivity contribution in [2.75, 3.05) is 43.3 Å². The molecule has 0 spiro atoms. The molecule has 5 aliphatic rings. The van der Waals surface area contributed by atoms with E-state index in [1.807, 2.05) is 12.2 Å². The fraction of sp³-hybridized carbons (Fsp3) is 0.556. The van der Waals surface area contributed by atoms with Crippen LogP contribution in [0.1, 0.15) is 25.3 Å². The zero-order valence-electron chi connectivity index (χ0n) is 26.3. The normalized spacial score (nSPS) is 37.2. The number of nitrogens with one attached hydrogen (secondary N) is 2. The Morgan fingerprint density at radius 3 is 2.20 bits per heavy atom. The van der Waals surface area contributed by atoms with Gasteiger partial charge in [-0.1, -0.05) is 24.0 Å². The van der Waals surface area contributed by atoms with Crippen LogP contribution in [0.15, 0.2) is 37.5 Å². The zero-order chi connectivity index (χ0) is 35.3. The summed E-state index contributed by atoms with van der Waals surface area (Å²) >= 11 is 10.4. The van der Waals surface area contributed by atoms with Crippen LogP contribution in [-0.4, -0.2) is 108 Å². The van der Waals surface area contributed by atoms with Gasteiger partial charge in [0.1, 0.15) is 31.0 Å². The van der Waals surface area contributed by atoms with Gasteiger partial charge in [0.15, 0.2) is 65.6 Å². The van der Waals surface area contributed by atoms with E-state index in [4.69, 9.17) is 51.8 Å². The van der Waals surface area contributed by atoms with Gasteiger partial charge in [0.2, 0.25) is 0 Å². The molecule has 4 aromatic heterocycles. The molecule has 24 heteroatoms. The second-order valence-electron chi connectivity index (χ2n) is 12.0. The Morgan fingerprint density at radius 1 is 0.882 bits per heavy atom. The van der Waals surface area contributed by atoms with Gasteiger partial charge in [0.05, 0.1) is 38.3 Å². The summed E-state index contributed by atoms with van der Waals surface area (Å²) < 4.78 is 83.2. The van der Waals surface area contributed by atoms with Gasteiger partial charge in [-0.25, -0.2) is 38.7 Å². The lowest BCUT2D eigenvalue weighted by Crippen LogP contribution is -2.36. The lowest BCUT2D eigenvalue weighted by Gasteiger charge is -2.35. The van der Waals surface area contributed by atoms with E-state index in [-0.39, 0.29) is 24.3 Å². The van der Waals surface area contributed by atoms with Gasteiger partial charge in [-0.15, -0.1) is 0 Å². The third-order valence-electron chi connectivity index (χ3n) is 8.67. The molecule has 0 aromatic carbocycles. The highest BCUT2D eigenvalue weighted by Gasteiger charge is 2.51. The number of nitrogens with zero attached hydrogens (tertiary/aromatic N) is 8. The van der Waals surface area contributed by atoms with Crippen LogP contribution in [0.4, 0.5) is 20.4 Å². The number of aromatic nitrogens is 8. The number of hydrogen-bond acceptors (Lipinski definition) is 18. The van der Waals surface area contributed by atoms with E-state index < -0.39 is 75.5 Å².